The first kappa shape index (κ1) is 17.4. The Balaban J connectivity index is 1.58. The summed E-state index contributed by atoms with van der Waals surface area (Å²) < 4.78 is 7.73. The van der Waals surface area contributed by atoms with Gasteiger partial charge >= 0.3 is 5.97 Å². The summed E-state index contributed by atoms with van der Waals surface area (Å²) in [5.41, 5.74) is 3.15. The van der Waals surface area contributed by atoms with Crippen molar-refractivity contribution in [3.8, 4) is 5.75 Å². The van der Waals surface area contributed by atoms with Crippen molar-refractivity contribution in [2.45, 2.75) is 13.1 Å². The highest BCUT2D eigenvalue weighted by atomic mass is 35.5. The average molecular weight is 384 g/mol. The number of anilines is 1. The number of hydrogen-bond acceptors (Lipinski definition) is 4. The average Bonchev–Trinajstić information content (AvgIpc) is 3.10. The summed E-state index contributed by atoms with van der Waals surface area (Å²) in [4.78, 5) is 17.9. The number of para-hydroxylation sites is 1. The van der Waals surface area contributed by atoms with Crippen molar-refractivity contribution in [1.82, 2.24) is 9.55 Å². The number of rotatable bonds is 5. The van der Waals surface area contributed by atoms with Gasteiger partial charge in [0, 0.05) is 17.8 Å². The van der Waals surface area contributed by atoms with Crippen molar-refractivity contribution in [2.75, 3.05) is 18.1 Å². The molecule has 4 rings (SSSR count). The van der Waals surface area contributed by atoms with Crippen molar-refractivity contribution in [1.29, 1.82) is 0 Å². The number of carboxylic acids is 1. The molecule has 27 heavy (non-hydrogen) atoms. The standard InChI is InChI=1S/C20H18ClN3O3/c21-15-6-4-14(5-7-15)11-24-13-22-10-16(24)12-23-8-9-27-19-17(20(25)26)2-1-3-18(19)23/h1-7,10,13H,8-9,11-12H2,(H,25,26). The van der Waals surface area contributed by atoms with E-state index in [1.807, 2.05) is 36.5 Å². The maximum Gasteiger partial charge on any atom is 0.339 e. The smallest absolute Gasteiger partial charge is 0.339 e. The number of nitrogens with zero attached hydrogens (tertiary/aromatic N) is 3. The van der Waals surface area contributed by atoms with Crippen molar-refractivity contribution in [2.24, 2.45) is 0 Å². The molecule has 0 saturated carbocycles. The summed E-state index contributed by atoms with van der Waals surface area (Å²) in [5, 5.41) is 10.1. The Morgan fingerprint density at radius 2 is 2.00 bits per heavy atom. The molecule has 1 aliphatic heterocycles. The largest absolute Gasteiger partial charge is 0.489 e. The highest BCUT2D eigenvalue weighted by Gasteiger charge is 2.24. The van der Waals surface area contributed by atoms with E-state index in [-0.39, 0.29) is 5.56 Å². The maximum atomic E-state index is 11.5. The minimum absolute atomic E-state index is 0.187. The normalized spacial score (nSPS) is 13.1. The molecule has 0 spiro atoms. The number of carboxylic acid groups (broad SMARTS) is 1. The number of aromatic carboxylic acids is 1. The fraction of sp³-hybridized carbons (Fsp3) is 0.200. The van der Waals surface area contributed by atoms with Gasteiger partial charge in [0.05, 0.1) is 30.8 Å². The van der Waals surface area contributed by atoms with Gasteiger partial charge in [0.15, 0.2) is 5.75 Å². The van der Waals surface area contributed by atoms with Crippen LogP contribution in [-0.2, 0) is 13.1 Å². The van der Waals surface area contributed by atoms with E-state index in [4.69, 9.17) is 16.3 Å². The minimum Gasteiger partial charge on any atom is -0.489 e. The summed E-state index contributed by atoms with van der Waals surface area (Å²) in [6.45, 7) is 2.44. The molecule has 1 aliphatic rings. The van der Waals surface area contributed by atoms with Crippen LogP contribution in [0.3, 0.4) is 0 Å². The second-order valence-electron chi connectivity index (χ2n) is 6.37. The van der Waals surface area contributed by atoms with Crippen LogP contribution in [0.4, 0.5) is 5.69 Å². The maximum absolute atomic E-state index is 11.5. The molecular formula is C20H18ClN3O3. The molecule has 1 N–H and O–H groups in total. The highest BCUT2D eigenvalue weighted by Crippen LogP contribution is 2.35. The van der Waals surface area contributed by atoms with Crippen molar-refractivity contribution in [3.05, 3.63) is 76.8 Å². The summed E-state index contributed by atoms with van der Waals surface area (Å²) >= 11 is 5.96. The number of imidazole rings is 1. The Kier molecular flexibility index (Phi) is 4.73. The molecule has 2 heterocycles. The van der Waals surface area contributed by atoms with Crippen molar-refractivity contribution >= 4 is 23.3 Å². The third kappa shape index (κ3) is 3.61. The molecule has 0 radical (unpaired) electrons. The Bertz CT molecular complexity index is 969. The third-order valence-electron chi connectivity index (χ3n) is 4.59. The lowest BCUT2D eigenvalue weighted by molar-refractivity contribution is 0.0692. The van der Waals surface area contributed by atoms with Gasteiger partial charge in [-0.3, -0.25) is 0 Å². The molecule has 0 fully saturated rings. The van der Waals surface area contributed by atoms with E-state index < -0.39 is 5.97 Å². The lowest BCUT2D eigenvalue weighted by Crippen LogP contribution is -2.33. The SMILES string of the molecule is O=C(O)c1cccc2c1OCCN2Cc1cncn1Cc1ccc(Cl)cc1. The lowest BCUT2D eigenvalue weighted by Gasteiger charge is -2.32. The minimum atomic E-state index is -0.985. The first-order valence-electron chi connectivity index (χ1n) is 8.59. The lowest BCUT2D eigenvalue weighted by atomic mass is 10.1. The van der Waals surface area contributed by atoms with E-state index in [2.05, 4.69) is 14.5 Å². The number of benzene rings is 2. The summed E-state index contributed by atoms with van der Waals surface area (Å²) in [6.07, 6.45) is 3.64. The van der Waals surface area contributed by atoms with Gasteiger partial charge in [-0.2, -0.15) is 0 Å². The molecule has 0 bridgehead atoms. The number of hydrogen-bond donors (Lipinski definition) is 1. The molecule has 138 valence electrons. The Hall–Kier alpha value is -2.99. The summed E-state index contributed by atoms with van der Waals surface area (Å²) in [6, 6.07) is 12.9. The van der Waals surface area contributed by atoms with Gasteiger partial charge in [0.2, 0.25) is 0 Å². The van der Waals surface area contributed by atoms with E-state index >= 15 is 0 Å². The van der Waals surface area contributed by atoms with Crippen LogP contribution in [0, 0.1) is 0 Å². The molecule has 7 heteroatoms. The summed E-state index contributed by atoms with van der Waals surface area (Å²) in [5.74, 6) is -0.554. The van der Waals surface area contributed by atoms with Crippen LogP contribution in [0.5, 0.6) is 5.75 Å². The van der Waals surface area contributed by atoms with E-state index in [9.17, 15) is 9.90 Å². The van der Waals surface area contributed by atoms with E-state index in [0.717, 1.165) is 16.9 Å². The topological polar surface area (TPSA) is 67.6 Å². The Labute approximate surface area is 161 Å². The number of ether oxygens (including phenoxy) is 1. The van der Waals surface area contributed by atoms with Crippen LogP contribution in [-0.4, -0.2) is 33.8 Å². The molecular weight excluding hydrogens is 366 g/mol. The van der Waals surface area contributed by atoms with Crippen LogP contribution < -0.4 is 9.64 Å². The fourth-order valence-corrected chi connectivity index (χ4v) is 3.37. The predicted molar refractivity (Wildman–Crippen MR) is 103 cm³/mol. The molecule has 2 aromatic carbocycles. The first-order chi connectivity index (χ1) is 13.1. The number of carbonyl (C=O) groups is 1. The molecule has 0 saturated heterocycles. The van der Waals surface area contributed by atoms with Crippen LogP contribution in [0.15, 0.2) is 55.0 Å². The van der Waals surface area contributed by atoms with Crippen LogP contribution in [0.25, 0.3) is 0 Å². The quantitative estimate of drug-likeness (QED) is 0.727. The van der Waals surface area contributed by atoms with Gasteiger partial charge in [-0.05, 0) is 29.8 Å². The molecule has 0 aliphatic carbocycles. The zero-order valence-electron chi connectivity index (χ0n) is 14.5. The summed E-state index contributed by atoms with van der Waals surface area (Å²) in [7, 11) is 0. The zero-order chi connectivity index (χ0) is 18.8. The molecule has 0 amide bonds. The van der Waals surface area contributed by atoms with Gasteiger partial charge in [-0.25, -0.2) is 9.78 Å². The third-order valence-corrected chi connectivity index (χ3v) is 4.84. The van der Waals surface area contributed by atoms with E-state index in [1.165, 1.54) is 0 Å². The van der Waals surface area contributed by atoms with Gasteiger partial charge in [-0.15, -0.1) is 0 Å². The van der Waals surface area contributed by atoms with Crippen LogP contribution in [0.2, 0.25) is 5.02 Å². The van der Waals surface area contributed by atoms with E-state index in [1.54, 1.807) is 18.5 Å². The fourth-order valence-electron chi connectivity index (χ4n) is 3.24. The first-order valence-corrected chi connectivity index (χ1v) is 8.97. The Morgan fingerprint density at radius 3 is 2.78 bits per heavy atom. The number of halogens is 1. The monoisotopic (exact) mass is 383 g/mol. The highest BCUT2D eigenvalue weighted by molar-refractivity contribution is 6.30. The van der Waals surface area contributed by atoms with Gasteiger partial charge in [0.25, 0.3) is 0 Å². The van der Waals surface area contributed by atoms with Crippen molar-refractivity contribution < 1.29 is 14.6 Å². The number of aromatic nitrogens is 2. The van der Waals surface area contributed by atoms with Crippen LogP contribution in [0.1, 0.15) is 21.6 Å². The second kappa shape index (κ2) is 7.32. The van der Waals surface area contributed by atoms with Crippen molar-refractivity contribution in [3.63, 3.8) is 0 Å². The van der Waals surface area contributed by atoms with Gasteiger partial charge < -0.3 is 19.3 Å². The Morgan fingerprint density at radius 1 is 1.19 bits per heavy atom. The molecule has 1 aromatic heterocycles. The zero-order valence-corrected chi connectivity index (χ0v) is 15.3. The number of fused-ring (bicyclic) bond motifs is 1. The van der Waals surface area contributed by atoms with E-state index in [0.29, 0.717) is 37.0 Å². The molecule has 0 unspecified atom stereocenters. The molecule has 0 atom stereocenters. The molecule has 6 nitrogen and oxygen atoms in total. The predicted octanol–water partition coefficient (Wildman–Crippen LogP) is 3.68. The second-order valence-corrected chi connectivity index (χ2v) is 6.80. The van der Waals surface area contributed by atoms with Crippen LogP contribution >= 0.6 is 11.6 Å². The van der Waals surface area contributed by atoms with Gasteiger partial charge in [-0.1, -0.05) is 29.8 Å². The molecule has 3 aromatic rings. The van der Waals surface area contributed by atoms with Gasteiger partial charge in [0.1, 0.15) is 12.2 Å².